The first-order valence-corrected chi connectivity index (χ1v) is 6.39. The average molecular weight is 267 g/mol. The minimum atomic E-state index is -1.17. The predicted octanol–water partition coefficient (Wildman–Crippen LogP) is 0.535. The number of benzene rings is 1. The van der Waals surface area contributed by atoms with E-state index in [0.717, 1.165) is 12.0 Å². The van der Waals surface area contributed by atoms with Crippen molar-refractivity contribution >= 4 is 5.97 Å². The Kier molecular flexibility index (Phi) is 6.49. The van der Waals surface area contributed by atoms with Crippen LogP contribution in [0, 0.1) is 0 Å². The van der Waals surface area contributed by atoms with Crippen LogP contribution < -0.4 is 5.73 Å². The van der Waals surface area contributed by atoms with E-state index in [1.54, 1.807) is 19.1 Å². The molecule has 5 nitrogen and oxygen atoms in total. The fourth-order valence-corrected chi connectivity index (χ4v) is 1.77. The summed E-state index contributed by atoms with van der Waals surface area (Å²) in [7, 11) is 0. The van der Waals surface area contributed by atoms with Gasteiger partial charge in [-0.15, -0.1) is 0 Å². The fraction of sp³-hybridized carbons (Fsp3) is 0.500. The number of nitrogens with two attached hydrogens (primary N) is 1. The zero-order valence-corrected chi connectivity index (χ0v) is 11.1. The number of aliphatic hydroxyl groups excluding tert-OH is 2. The Morgan fingerprint density at radius 1 is 1.32 bits per heavy atom. The summed E-state index contributed by atoms with van der Waals surface area (Å²) in [6.45, 7) is 2.51. The zero-order valence-electron chi connectivity index (χ0n) is 11.1. The molecule has 0 saturated carbocycles. The van der Waals surface area contributed by atoms with Gasteiger partial charge in [0.05, 0.1) is 19.1 Å². The van der Waals surface area contributed by atoms with E-state index in [-0.39, 0.29) is 13.0 Å². The SMILES string of the molecule is CCOC(=O)CC(O)C(O)c1ccc(CCN)cc1. The molecular formula is C14H21NO4. The summed E-state index contributed by atoms with van der Waals surface area (Å²) >= 11 is 0. The van der Waals surface area contributed by atoms with E-state index in [1.165, 1.54) is 0 Å². The minimum absolute atomic E-state index is 0.223. The highest BCUT2D eigenvalue weighted by Gasteiger charge is 2.21. The van der Waals surface area contributed by atoms with Crippen LogP contribution in [0.4, 0.5) is 0 Å². The summed E-state index contributed by atoms with van der Waals surface area (Å²) in [5.74, 6) is -0.520. The molecule has 0 radical (unpaired) electrons. The average Bonchev–Trinajstić information content (AvgIpc) is 2.39. The van der Waals surface area contributed by atoms with Crippen molar-refractivity contribution < 1.29 is 19.7 Å². The number of carbonyl (C=O) groups is 1. The third-order valence-corrected chi connectivity index (χ3v) is 2.80. The van der Waals surface area contributed by atoms with E-state index >= 15 is 0 Å². The smallest absolute Gasteiger partial charge is 0.308 e. The first-order chi connectivity index (χ1) is 9.08. The minimum Gasteiger partial charge on any atom is -0.466 e. The van der Waals surface area contributed by atoms with Gasteiger partial charge in [0, 0.05) is 0 Å². The Morgan fingerprint density at radius 3 is 2.47 bits per heavy atom. The van der Waals surface area contributed by atoms with Gasteiger partial charge >= 0.3 is 5.97 Å². The Balaban J connectivity index is 2.60. The quantitative estimate of drug-likeness (QED) is 0.627. The molecule has 0 heterocycles. The molecule has 1 aromatic rings. The molecule has 0 aromatic heterocycles. The van der Waals surface area contributed by atoms with Crippen molar-refractivity contribution in [3.63, 3.8) is 0 Å². The Morgan fingerprint density at radius 2 is 1.95 bits per heavy atom. The summed E-state index contributed by atoms with van der Waals surface area (Å²) in [5.41, 5.74) is 7.08. The molecule has 1 rings (SSSR count). The maximum Gasteiger partial charge on any atom is 0.308 e. The van der Waals surface area contributed by atoms with E-state index in [1.807, 2.05) is 12.1 Å². The van der Waals surface area contributed by atoms with Crippen molar-refractivity contribution in [2.24, 2.45) is 5.73 Å². The van der Waals surface area contributed by atoms with Gasteiger partial charge in [-0.3, -0.25) is 4.79 Å². The second-order valence-corrected chi connectivity index (χ2v) is 4.30. The summed E-state index contributed by atoms with van der Waals surface area (Å²) in [6, 6.07) is 7.15. The van der Waals surface area contributed by atoms with Gasteiger partial charge in [0.25, 0.3) is 0 Å². The maximum absolute atomic E-state index is 11.2. The highest BCUT2D eigenvalue weighted by molar-refractivity contribution is 5.70. The van der Waals surface area contributed by atoms with Crippen LogP contribution in [0.1, 0.15) is 30.6 Å². The predicted molar refractivity (Wildman–Crippen MR) is 71.4 cm³/mol. The van der Waals surface area contributed by atoms with E-state index < -0.39 is 18.2 Å². The van der Waals surface area contributed by atoms with Gasteiger partial charge in [-0.05, 0) is 31.0 Å². The lowest BCUT2D eigenvalue weighted by Crippen LogP contribution is -2.23. The number of rotatable bonds is 7. The molecule has 5 heteroatoms. The molecule has 2 atom stereocenters. The van der Waals surface area contributed by atoms with Crippen LogP contribution in [-0.2, 0) is 16.0 Å². The Hall–Kier alpha value is -1.43. The largest absolute Gasteiger partial charge is 0.466 e. The first-order valence-electron chi connectivity index (χ1n) is 6.39. The lowest BCUT2D eigenvalue weighted by atomic mass is 10.00. The lowest BCUT2D eigenvalue weighted by molar-refractivity contribution is -0.147. The third-order valence-electron chi connectivity index (χ3n) is 2.80. The molecule has 0 bridgehead atoms. The van der Waals surface area contributed by atoms with Crippen molar-refractivity contribution in [3.05, 3.63) is 35.4 Å². The molecule has 4 N–H and O–H groups in total. The molecule has 0 saturated heterocycles. The number of hydrogen-bond acceptors (Lipinski definition) is 5. The normalized spacial score (nSPS) is 13.9. The van der Waals surface area contributed by atoms with Gasteiger partial charge < -0.3 is 20.7 Å². The third kappa shape index (κ3) is 4.98. The number of hydrogen-bond donors (Lipinski definition) is 3. The Labute approximate surface area is 113 Å². The van der Waals surface area contributed by atoms with Gasteiger partial charge in [-0.25, -0.2) is 0 Å². The van der Waals surface area contributed by atoms with Crippen LogP contribution in [0.25, 0.3) is 0 Å². The lowest BCUT2D eigenvalue weighted by Gasteiger charge is -2.17. The van der Waals surface area contributed by atoms with Crippen molar-refractivity contribution in [2.45, 2.75) is 32.0 Å². The molecule has 0 aliphatic carbocycles. The van der Waals surface area contributed by atoms with Gasteiger partial charge in [-0.1, -0.05) is 24.3 Å². The number of carbonyl (C=O) groups excluding carboxylic acids is 1. The molecule has 106 valence electrons. The fourth-order valence-electron chi connectivity index (χ4n) is 1.77. The number of esters is 1. The first kappa shape index (κ1) is 15.6. The van der Waals surface area contributed by atoms with Crippen molar-refractivity contribution in [2.75, 3.05) is 13.2 Å². The number of ether oxygens (including phenoxy) is 1. The van der Waals surface area contributed by atoms with Crippen LogP contribution in [0.3, 0.4) is 0 Å². The van der Waals surface area contributed by atoms with Gasteiger partial charge in [0.2, 0.25) is 0 Å². The second kappa shape index (κ2) is 7.89. The molecule has 0 spiro atoms. The number of aliphatic hydroxyl groups is 2. The molecule has 0 aliphatic heterocycles. The van der Waals surface area contributed by atoms with Crippen LogP contribution in [0.15, 0.2) is 24.3 Å². The molecule has 1 aromatic carbocycles. The van der Waals surface area contributed by atoms with Crippen LogP contribution in [0.2, 0.25) is 0 Å². The highest BCUT2D eigenvalue weighted by Crippen LogP contribution is 2.20. The summed E-state index contributed by atoms with van der Waals surface area (Å²) < 4.78 is 4.73. The van der Waals surface area contributed by atoms with Crippen molar-refractivity contribution in [1.29, 1.82) is 0 Å². The monoisotopic (exact) mass is 267 g/mol. The van der Waals surface area contributed by atoms with E-state index in [2.05, 4.69) is 0 Å². The molecule has 0 amide bonds. The standard InChI is InChI=1S/C14H21NO4/c1-2-19-13(17)9-12(16)14(18)11-5-3-10(4-6-11)7-8-15/h3-6,12,14,16,18H,2,7-9,15H2,1H3. The maximum atomic E-state index is 11.2. The Bertz CT molecular complexity index is 391. The molecular weight excluding hydrogens is 246 g/mol. The summed E-state index contributed by atoms with van der Waals surface area (Å²) in [5, 5.41) is 19.7. The van der Waals surface area contributed by atoms with E-state index in [9.17, 15) is 15.0 Å². The van der Waals surface area contributed by atoms with E-state index in [4.69, 9.17) is 10.5 Å². The van der Waals surface area contributed by atoms with Crippen LogP contribution >= 0.6 is 0 Å². The van der Waals surface area contributed by atoms with Crippen molar-refractivity contribution in [1.82, 2.24) is 0 Å². The van der Waals surface area contributed by atoms with Crippen LogP contribution in [-0.4, -0.2) is 35.4 Å². The zero-order chi connectivity index (χ0) is 14.3. The van der Waals surface area contributed by atoms with E-state index in [0.29, 0.717) is 12.1 Å². The second-order valence-electron chi connectivity index (χ2n) is 4.30. The molecule has 0 fully saturated rings. The van der Waals surface area contributed by atoms with Crippen molar-refractivity contribution in [3.8, 4) is 0 Å². The molecule has 2 unspecified atom stereocenters. The van der Waals surface area contributed by atoms with Crippen LogP contribution in [0.5, 0.6) is 0 Å². The van der Waals surface area contributed by atoms with Gasteiger partial charge in [0.1, 0.15) is 6.10 Å². The topological polar surface area (TPSA) is 92.8 Å². The van der Waals surface area contributed by atoms with Gasteiger partial charge in [0.15, 0.2) is 0 Å². The van der Waals surface area contributed by atoms with Gasteiger partial charge in [-0.2, -0.15) is 0 Å². The summed E-state index contributed by atoms with van der Waals surface area (Å²) in [6.07, 6.45) is -1.72. The highest BCUT2D eigenvalue weighted by atomic mass is 16.5. The summed E-state index contributed by atoms with van der Waals surface area (Å²) in [4.78, 5) is 11.2. The molecule has 19 heavy (non-hydrogen) atoms. The molecule has 0 aliphatic rings.